The summed E-state index contributed by atoms with van der Waals surface area (Å²) in [6.45, 7) is 7.16. The van der Waals surface area contributed by atoms with Crippen molar-refractivity contribution in [1.82, 2.24) is 14.2 Å². The zero-order valence-corrected chi connectivity index (χ0v) is 20.6. The maximum Gasteiger partial charge on any atom is 0.253 e. The van der Waals surface area contributed by atoms with Crippen LogP contribution in [0.25, 0.3) is 10.2 Å². The average molecular weight is 491 g/mol. The molecule has 2 fully saturated rings. The molecule has 10 heteroatoms. The van der Waals surface area contributed by atoms with Crippen molar-refractivity contribution in [3.05, 3.63) is 40.8 Å². The summed E-state index contributed by atoms with van der Waals surface area (Å²) in [5.74, 6) is -0.0710. The van der Waals surface area contributed by atoms with E-state index in [9.17, 15) is 13.2 Å². The van der Waals surface area contributed by atoms with Gasteiger partial charge >= 0.3 is 0 Å². The van der Waals surface area contributed by atoms with Gasteiger partial charge in [-0.15, -0.1) is 11.3 Å². The molecule has 5 rings (SSSR count). The Morgan fingerprint density at radius 2 is 1.81 bits per heavy atom. The third kappa shape index (κ3) is 3.72. The van der Waals surface area contributed by atoms with E-state index in [4.69, 9.17) is 4.98 Å². The number of piperazine rings is 1. The maximum atomic E-state index is 13.3. The van der Waals surface area contributed by atoms with Crippen LogP contribution in [0.5, 0.6) is 0 Å². The van der Waals surface area contributed by atoms with Gasteiger partial charge < -0.3 is 9.80 Å². The van der Waals surface area contributed by atoms with Gasteiger partial charge in [0, 0.05) is 32.7 Å². The number of nitrogens with zero attached hydrogens (tertiary/aromatic N) is 4. The van der Waals surface area contributed by atoms with Gasteiger partial charge in [0.25, 0.3) is 10.0 Å². The van der Waals surface area contributed by atoms with Crippen LogP contribution in [0.2, 0.25) is 0 Å². The number of sulfonamides is 1. The number of hydrogen-bond donors (Lipinski definition) is 0. The second-order valence-electron chi connectivity index (χ2n) is 8.39. The minimum absolute atomic E-state index is 0.0710. The van der Waals surface area contributed by atoms with Crippen molar-refractivity contribution >= 4 is 54.0 Å². The minimum atomic E-state index is -3.62. The van der Waals surface area contributed by atoms with Crippen molar-refractivity contribution in [1.29, 1.82) is 0 Å². The topological polar surface area (TPSA) is 73.8 Å². The molecule has 0 spiro atoms. The van der Waals surface area contributed by atoms with Crippen LogP contribution in [0, 0.1) is 13.8 Å². The summed E-state index contributed by atoms with van der Waals surface area (Å²) >= 11 is 2.91. The largest absolute Gasteiger partial charge is 0.345 e. The van der Waals surface area contributed by atoms with Gasteiger partial charge in [-0.05, 0) is 49.3 Å². The second-order valence-corrected chi connectivity index (χ2v) is 12.4. The summed E-state index contributed by atoms with van der Waals surface area (Å²) < 4.78 is 29.0. The molecule has 2 aromatic heterocycles. The third-order valence-corrected chi connectivity index (χ3v) is 10.9. The first-order valence-electron chi connectivity index (χ1n) is 10.8. The number of anilines is 1. The summed E-state index contributed by atoms with van der Waals surface area (Å²) in [6.07, 6.45) is 1.30. The highest BCUT2D eigenvalue weighted by Crippen LogP contribution is 2.34. The number of thiophene rings is 1. The van der Waals surface area contributed by atoms with E-state index in [1.54, 1.807) is 28.8 Å². The molecule has 2 saturated heterocycles. The van der Waals surface area contributed by atoms with Gasteiger partial charge in [0.05, 0.1) is 10.2 Å². The quantitative estimate of drug-likeness (QED) is 0.560. The molecule has 0 N–H and O–H groups in total. The molecule has 1 atom stereocenters. The van der Waals surface area contributed by atoms with Gasteiger partial charge in [-0.3, -0.25) is 4.79 Å². The fourth-order valence-electron chi connectivity index (χ4n) is 4.51. The van der Waals surface area contributed by atoms with Gasteiger partial charge in [-0.2, -0.15) is 4.31 Å². The Kier molecular flexibility index (Phi) is 5.73. The van der Waals surface area contributed by atoms with Crippen molar-refractivity contribution < 1.29 is 13.2 Å². The number of aryl methyl sites for hydroxylation is 2. The molecule has 1 unspecified atom stereocenters. The Morgan fingerprint density at radius 3 is 2.50 bits per heavy atom. The first kappa shape index (κ1) is 21.8. The van der Waals surface area contributed by atoms with Crippen LogP contribution in [0.4, 0.5) is 5.13 Å². The minimum Gasteiger partial charge on any atom is -0.345 e. The van der Waals surface area contributed by atoms with Crippen molar-refractivity contribution in [3.63, 3.8) is 0 Å². The van der Waals surface area contributed by atoms with E-state index in [0.29, 0.717) is 49.8 Å². The first-order chi connectivity index (χ1) is 15.4. The molecule has 4 heterocycles. The molecule has 2 aliphatic heterocycles. The lowest BCUT2D eigenvalue weighted by Gasteiger charge is -2.37. The number of fused-ring (bicyclic) bond motifs is 1. The molecule has 0 saturated carbocycles. The monoisotopic (exact) mass is 490 g/mol. The Bertz CT molecular complexity index is 1210. The van der Waals surface area contributed by atoms with E-state index in [0.717, 1.165) is 10.6 Å². The summed E-state index contributed by atoms with van der Waals surface area (Å²) in [5.41, 5.74) is 3.47. The number of carbonyl (C=O) groups excluding carboxylic acids is 1. The summed E-state index contributed by atoms with van der Waals surface area (Å²) in [5, 5.41) is 2.75. The van der Waals surface area contributed by atoms with E-state index < -0.39 is 16.1 Å². The van der Waals surface area contributed by atoms with E-state index in [2.05, 4.69) is 30.9 Å². The average Bonchev–Trinajstić information content (AvgIpc) is 3.56. The van der Waals surface area contributed by atoms with Crippen molar-refractivity contribution in [3.8, 4) is 0 Å². The predicted molar refractivity (Wildman–Crippen MR) is 129 cm³/mol. The third-order valence-electron chi connectivity index (χ3n) is 6.34. The van der Waals surface area contributed by atoms with E-state index >= 15 is 0 Å². The standard InChI is InChI=1S/C22H26N4O3S3/c1-15-7-8-16(2)20-19(15)23-22(31-20)25-12-10-24(11-13-25)21(27)17-5-3-9-26(17)32(28,29)18-6-4-14-30-18/h4,6-8,14,17H,3,5,9-13H2,1-2H3. The molecule has 0 aliphatic carbocycles. The molecular weight excluding hydrogens is 464 g/mol. The summed E-state index contributed by atoms with van der Waals surface area (Å²) in [7, 11) is -3.62. The smallest absolute Gasteiger partial charge is 0.253 e. The van der Waals surface area contributed by atoms with Crippen LogP contribution < -0.4 is 4.90 Å². The predicted octanol–water partition coefficient (Wildman–Crippen LogP) is 3.48. The van der Waals surface area contributed by atoms with Gasteiger partial charge in [0.1, 0.15) is 10.3 Å². The molecule has 1 aromatic carbocycles. The first-order valence-corrected chi connectivity index (χ1v) is 14.0. The zero-order chi connectivity index (χ0) is 22.5. The number of rotatable bonds is 4. The Balaban J connectivity index is 1.29. The Hall–Kier alpha value is -2.01. The zero-order valence-electron chi connectivity index (χ0n) is 18.2. The number of hydrogen-bond acceptors (Lipinski definition) is 7. The number of thiazole rings is 1. The highest BCUT2D eigenvalue weighted by atomic mass is 32.2. The highest BCUT2D eigenvalue weighted by molar-refractivity contribution is 7.91. The molecule has 2 aliphatic rings. The van der Waals surface area contributed by atoms with Crippen LogP contribution in [-0.4, -0.2) is 67.3 Å². The fraction of sp³-hybridized carbons (Fsp3) is 0.455. The van der Waals surface area contributed by atoms with E-state index in [1.807, 2.05) is 4.90 Å². The summed E-state index contributed by atoms with van der Waals surface area (Å²) in [6, 6.07) is 6.99. The second kappa shape index (κ2) is 8.40. The van der Waals surface area contributed by atoms with Gasteiger partial charge in [-0.1, -0.05) is 29.5 Å². The van der Waals surface area contributed by atoms with Gasteiger partial charge in [0.15, 0.2) is 5.13 Å². The fourth-order valence-corrected chi connectivity index (χ4v) is 8.45. The molecule has 7 nitrogen and oxygen atoms in total. The van der Waals surface area contributed by atoms with Gasteiger partial charge in [0.2, 0.25) is 5.91 Å². The molecule has 32 heavy (non-hydrogen) atoms. The van der Waals surface area contributed by atoms with Crippen molar-refractivity contribution in [2.45, 2.75) is 36.9 Å². The molecule has 170 valence electrons. The van der Waals surface area contributed by atoms with Crippen LogP contribution >= 0.6 is 22.7 Å². The van der Waals surface area contributed by atoms with E-state index in [-0.39, 0.29) is 5.91 Å². The summed E-state index contributed by atoms with van der Waals surface area (Å²) in [4.78, 5) is 22.2. The van der Waals surface area contributed by atoms with Crippen LogP contribution in [-0.2, 0) is 14.8 Å². The van der Waals surface area contributed by atoms with E-state index in [1.165, 1.54) is 31.5 Å². The maximum absolute atomic E-state index is 13.3. The highest BCUT2D eigenvalue weighted by Gasteiger charge is 2.42. The Morgan fingerprint density at radius 1 is 1.06 bits per heavy atom. The number of aromatic nitrogens is 1. The molecular formula is C22H26N4O3S3. The molecule has 0 radical (unpaired) electrons. The van der Waals surface area contributed by atoms with Crippen molar-refractivity contribution in [2.75, 3.05) is 37.6 Å². The normalized spacial score (nSPS) is 20.4. The molecule has 0 bridgehead atoms. The number of benzene rings is 1. The number of carbonyl (C=O) groups is 1. The van der Waals surface area contributed by atoms with Crippen molar-refractivity contribution in [2.24, 2.45) is 0 Å². The van der Waals surface area contributed by atoms with Crippen LogP contribution in [0.3, 0.4) is 0 Å². The SMILES string of the molecule is Cc1ccc(C)c2sc(N3CCN(C(=O)C4CCCN4S(=O)(=O)c4cccs4)CC3)nc12. The van der Waals surface area contributed by atoms with Gasteiger partial charge in [-0.25, -0.2) is 13.4 Å². The lowest BCUT2D eigenvalue weighted by molar-refractivity contribution is -0.134. The lowest BCUT2D eigenvalue weighted by Crippen LogP contribution is -2.54. The lowest BCUT2D eigenvalue weighted by atomic mass is 10.1. The van der Waals surface area contributed by atoms with Crippen LogP contribution in [0.15, 0.2) is 33.9 Å². The van der Waals surface area contributed by atoms with Crippen LogP contribution in [0.1, 0.15) is 24.0 Å². The molecule has 1 amide bonds. The molecule has 3 aromatic rings. The Labute approximate surface area is 196 Å². The number of amides is 1.